The van der Waals surface area contributed by atoms with E-state index in [-0.39, 0.29) is 11.8 Å². The molecule has 70 valence electrons. The molecular weight excluding hydrogens is 150 g/mol. The second kappa shape index (κ2) is 5.81. The standard InChI is InChI=1S/C10H19NO/c1-5-9(6-2)10(12)11-7-8(3)4/h9H,3,5-7H2,1-2,4H3,(H,11,12). The van der Waals surface area contributed by atoms with Crippen LogP contribution in [0.1, 0.15) is 33.6 Å². The highest BCUT2D eigenvalue weighted by Gasteiger charge is 2.12. The van der Waals surface area contributed by atoms with Gasteiger partial charge in [0.15, 0.2) is 0 Å². The van der Waals surface area contributed by atoms with E-state index >= 15 is 0 Å². The van der Waals surface area contributed by atoms with Gasteiger partial charge in [-0.05, 0) is 19.8 Å². The molecule has 0 aliphatic carbocycles. The zero-order valence-electron chi connectivity index (χ0n) is 8.31. The molecule has 1 amide bonds. The average Bonchev–Trinajstić information content (AvgIpc) is 2.03. The Morgan fingerprint density at radius 2 is 1.92 bits per heavy atom. The Kier molecular flexibility index (Phi) is 5.43. The predicted molar refractivity (Wildman–Crippen MR) is 51.9 cm³/mol. The van der Waals surface area contributed by atoms with Crippen molar-refractivity contribution in [2.24, 2.45) is 5.92 Å². The summed E-state index contributed by atoms with van der Waals surface area (Å²) in [7, 11) is 0. The third-order valence-corrected chi connectivity index (χ3v) is 1.92. The number of carbonyl (C=O) groups excluding carboxylic acids is 1. The second-order valence-corrected chi connectivity index (χ2v) is 3.19. The summed E-state index contributed by atoms with van der Waals surface area (Å²) in [6.45, 7) is 10.3. The first-order chi connectivity index (χ1) is 5.61. The van der Waals surface area contributed by atoms with Crippen molar-refractivity contribution >= 4 is 5.91 Å². The van der Waals surface area contributed by atoms with E-state index in [2.05, 4.69) is 11.9 Å². The van der Waals surface area contributed by atoms with E-state index in [4.69, 9.17) is 0 Å². The quantitative estimate of drug-likeness (QED) is 0.627. The van der Waals surface area contributed by atoms with Crippen molar-refractivity contribution in [1.29, 1.82) is 0 Å². The molecule has 2 heteroatoms. The van der Waals surface area contributed by atoms with E-state index in [0.717, 1.165) is 18.4 Å². The predicted octanol–water partition coefficient (Wildman–Crippen LogP) is 2.11. The molecule has 0 radical (unpaired) electrons. The number of hydrogen-bond acceptors (Lipinski definition) is 1. The van der Waals surface area contributed by atoms with Crippen LogP contribution in [0.5, 0.6) is 0 Å². The lowest BCUT2D eigenvalue weighted by Gasteiger charge is -2.12. The highest BCUT2D eigenvalue weighted by Crippen LogP contribution is 2.06. The Hall–Kier alpha value is -0.790. The van der Waals surface area contributed by atoms with Crippen LogP contribution in [-0.4, -0.2) is 12.5 Å². The Balaban J connectivity index is 3.77. The minimum Gasteiger partial charge on any atom is -0.352 e. The zero-order chi connectivity index (χ0) is 9.56. The van der Waals surface area contributed by atoms with Gasteiger partial charge < -0.3 is 5.32 Å². The van der Waals surface area contributed by atoms with Crippen molar-refractivity contribution in [1.82, 2.24) is 5.32 Å². The summed E-state index contributed by atoms with van der Waals surface area (Å²) in [5, 5.41) is 2.85. The molecule has 12 heavy (non-hydrogen) atoms. The van der Waals surface area contributed by atoms with Gasteiger partial charge in [0.1, 0.15) is 0 Å². The van der Waals surface area contributed by atoms with Gasteiger partial charge in [0.05, 0.1) is 0 Å². The molecule has 0 bridgehead atoms. The number of rotatable bonds is 5. The maximum Gasteiger partial charge on any atom is 0.223 e. The van der Waals surface area contributed by atoms with Crippen LogP contribution in [0.3, 0.4) is 0 Å². The van der Waals surface area contributed by atoms with Gasteiger partial charge in [0, 0.05) is 12.5 Å². The van der Waals surface area contributed by atoms with Crippen LogP contribution < -0.4 is 5.32 Å². The van der Waals surface area contributed by atoms with Gasteiger partial charge in [-0.25, -0.2) is 0 Å². The molecule has 0 saturated carbocycles. The van der Waals surface area contributed by atoms with Crippen molar-refractivity contribution in [3.63, 3.8) is 0 Å². The SMILES string of the molecule is C=C(C)CNC(=O)C(CC)CC. The lowest BCUT2D eigenvalue weighted by atomic mass is 10.0. The van der Waals surface area contributed by atoms with E-state index in [0.29, 0.717) is 6.54 Å². The van der Waals surface area contributed by atoms with E-state index in [1.807, 2.05) is 20.8 Å². The van der Waals surface area contributed by atoms with Crippen molar-refractivity contribution in [3.05, 3.63) is 12.2 Å². The Morgan fingerprint density at radius 1 is 1.42 bits per heavy atom. The first-order valence-corrected chi connectivity index (χ1v) is 4.53. The molecule has 0 aromatic rings. The fourth-order valence-electron chi connectivity index (χ4n) is 1.04. The smallest absolute Gasteiger partial charge is 0.223 e. The van der Waals surface area contributed by atoms with Crippen molar-refractivity contribution in [2.45, 2.75) is 33.6 Å². The summed E-state index contributed by atoms with van der Waals surface area (Å²) in [4.78, 5) is 11.4. The maximum absolute atomic E-state index is 11.4. The zero-order valence-corrected chi connectivity index (χ0v) is 8.31. The van der Waals surface area contributed by atoms with Crippen LogP contribution in [0.4, 0.5) is 0 Å². The molecule has 0 rings (SSSR count). The topological polar surface area (TPSA) is 29.1 Å². The van der Waals surface area contributed by atoms with Gasteiger partial charge in [0.25, 0.3) is 0 Å². The molecule has 0 saturated heterocycles. The molecule has 0 heterocycles. The number of hydrogen-bond donors (Lipinski definition) is 1. The molecule has 0 aromatic heterocycles. The van der Waals surface area contributed by atoms with Crippen LogP contribution in [0.15, 0.2) is 12.2 Å². The van der Waals surface area contributed by atoms with Crippen LogP contribution in [0, 0.1) is 5.92 Å². The molecule has 0 fully saturated rings. The third kappa shape index (κ3) is 4.16. The van der Waals surface area contributed by atoms with Gasteiger partial charge >= 0.3 is 0 Å². The second-order valence-electron chi connectivity index (χ2n) is 3.19. The molecule has 0 aromatic carbocycles. The minimum atomic E-state index is 0.156. The number of amides is 1. The summed E-state index contributed by atoms with van der Waals surface area (Å²) in [5.41, 5.74) is 0.995. The average molecular weight is 169 g/mol. The summed E-state index contributed by atoms with van der Waals surface area (Å²) >= 11 is 0. The van der Waals surface area contributed by atoms with Crippen LogP contribution in [0.25, 0.3) is 0 Å². The van der Waals surface area contributed by atoms with Crippen molar-refractivity contribution < 1.29 is 4.79 Å². The van der Waals surface area contributed by atoms with E-state index in [9.17, 15) is 4.79 Å². The summed E-state index contributed by atoms with van der Waals surface area (Å²) in [6.07, 6.45) is 1.83. The maximum atomic E-state index is 11.4. The number of carbonyl (C=O) groups is 1. The Bertz CT molecular complexity index is 159. The van der Waals surface area contributed by atoms with Crippen molar-refractivity contribution in [2.75, 3.05) is 6.54 Å². The lowest BCUT2D eigenvalue weighted by Crippen LogP contribution is -2.31. The fourth-order valence-corrected chi connectivity index (χ4v) is 1.04. The highest BCUT2D eigenvalue weighted by atomic mass is 16.1. The van der Waals surface area contributed by atoms with Crippen LogP contribution >= 0.6 is 0 Å². The molecular formula is C10H19NO. The molecule has 0 atom stereocenters. The number of nitrogens with one attached hydrogen (secondary N) is 1. The first kappa shape index (κ1) is 11.2. The van der Waals surface area contributed by atoms with Crippen molar-refractivity contribution in [3.8, 4) is 0 Å². The summed E-state index contributed by atoms with van der Waals surface area (Å²) in [6, 6.07) is 0. The van der Waals surface area contributed by atoms with Gasteiger partial charge in [-0.1, -0.05) is 26.0 Å². The molecule has 1 N–H and O–H groups in total. The van der Waals surface area contributed by atoms with E-state index < -0.39 is 0 Å². The van der Waals surface area contributed by atoms with Crippen LogP contribution in [-0.2, 0) is 4.79 Å². The Morgan fingerprint density at radius 3 is 2.25 bits per heavy atom. The van der Waals surface area contributed by atoms with Gasteiger partial charge in [-0.15, -0.1) is 0 Å². The molecule has 2 nitrogen and oxygen atoms in total. The fraction of sp³-hybridized carbons (Fsp3) is 0.700. The molecule has 0 aliphatic heterocycles. The highest BCUT2D eigenvalue weighted by molar-refractivity contribution is 5.78. The van der Waals surface area contributed by atoms with Gasteiger partial charge in [0.2, 0.25) is 5.91 Å². The Labute approximate surface area is 75.0 Å². The minimum absolute atomic E-state index is 0.156. The normalized spacial score (nSPS) is 10.0. The van der Waals surface area contributed by atoms with E-state index in [1.54, 1.807) is 0 Å². The third-order valence-electron chi connectivity index (χ3n) is 1.92. The first-order valence-electron chi connectivity index (χ1n) is 4.53. The van der Waals surface area contributed by atoms with E-state index in [1.165, 1.54) is 0 Å². The largest absolute Gasteiger partial charge is 0.352 e. The van der Waals surface area contributed by atoms with Gasteiger partial charge in [-0.3, -0.25) is 4.79 Å². The summed E-state index contributed by atoms with van der Waals surface area (Å²) in [5.74, 6) is 0.326. The molecule has 0 aliphatic rings. The van der Waals surface area contributed by atoms with Crippen LogP contribution in [0.2, 0.25) is 0 Å². The van der Waals surface area contributed by atoms with Gasteiger partial charge in [-0.2, -0.15) is 0 Å². The molecule has 0 unspecified atom stereocenters. The monoisotopic (exact) mass is 169 g/mol. The summed E-state index contributed by atoms with van der Waals surface area (Å²) < 4.78 is 0. The lowest BCUT2D eigenvalue weighted by molar-refractivity contribution is -0.125. The molecule has 0 spiro atoms.